The highest BCUT2D eigenvalue weighted by atomic mass is 16.5. The molecule has 1 amide bonds. The second kappa shape index (κ2) is 5.69. The van der Waals surface area contributed by atoms with E-state index >= 15 is 0 Å². The minimum Gasteiger partial charge on any atom is -0.480 e. The number of nitrogens with zero attached hydrogens (tertiary/aromatic N) is 1. The lowest BCUT2D eigenvalue weighted by molar-refractivity contribution is -0.139. The van der Waals surface area contributed by atoms with Gasteiger partial charge in [0.2, 0.25) is 0 Å². The van der Waals surface area contributed by atoms with Gasteiger partial charge < -0.3 is 15.2 Å². The predicted octanol–water partition coefficient (Wildman–Crippen LogP) is 0.0497. The first-order valence-corrected chi connectivity index (χ1v) is 4.66. The van der Waals surface area contributed by atoms with Crippen LogP contribution in [0.25, 0.3) is 0 Å². The highest BCUT2D eigenvalue weighted by Gasteiger charge is 2.14. The van der Waals surface area contributed by atoms with Gasteiger partial charge in [-0.15, -0.1) is 0 Å². The van der Waals surface area contributed by atoms with Gasteiger partial charge in [-0.25, -0.2) is 0 Å². The molecule has 6 heteroatoms. The van der Waals surface area contributed by atoms with E-state index in [4.69, 9.17) is 9.84 Å². The summed E-state index contributed by atoms with van der Waals surface area (Å²) in [5.41, 5.74) is 0. The molecule has 0 aromatic carbocycles. The fourth-order valence-electron chi connectivity index (χ4n) is 0.981. The summed E-state index contributed by atoms with van der Waals surface area (Å²) in [6.07, 6.45) is 2.30. The number of aromatic nitrogens is 1. The Balaban J connectivity index is 2.43. The third kappa shape index (κ3) is 3.95. The van der Waals surface area contributed by atoms with E-state index in [0.29, 0.717) is 5.75 Å². The number of amides is 1. The Hall–Kier alpha value is -2.11. The molecular weight excluding hydrogens is 212 g/mol. The lowest BCUT2D eigenvalue weighted by atomic mass is 10.3. The van der Waals surface area contributed by atoms with E-state index in [1.54, 1.807) is 18.3 Å². The lowest BCUT2D eigenvalue weighted by Crippen LogP contribution is -2.39. The van der Waals surface area contributed by atoms with Gasteiger partial charge in [-0.3, -0.25) is 14.6 Å². The average molecular weight is 224 g/mol. The maximum absolute atomic E-state index is 11.3. The number of carbonyl (C=O) groups excluding carboxylic acids is 1. The van der Waals surface area contributed by atoms with Crippen molar-refractivity contribution in [1.29, 1.82) is 0 Å². The Labute approximate surface area is 92.3 Å². The maximum atomic E-state index is 11.3. The van der Waals surface area contributed by atoms with Gasteiger partial charge in [0.25, 0.3) is 5.91 Å². The number of ether oxygens (including phenoxy) is 1. The molecule has 1 heterocycles. The van der Waals surface area contributed by atoms with Crippen molar-refractivity contribution in [2.24, 2.45) is 0 Å². The largest absolute Gasteiger partial charge is 0.480 e. The van der Waals surface area contributed by atoms with Crippen LogP contribution in [0.2, 0.25) is 0 Å². The van der Waals surface area contributed by atoms with Gasteiger partial charge in [0.1, 0.15) is 12.3 Å². The summed E-state index contributed by atoms with van der Waals surface area (Å²) in [6.45, 7) is 1.11. The molecule has 0 radical (unpaired) electrons. The molecular formula is C10H12N2O4. The van der Waals surface area contributed by atoms with E-state index in [9.17, 15) is 9.59 Å². The summed E-state index contributed by atoms with van der Waals surface area (Å²) in [7, 11) is 0. The van der Waals surface area contributed by atoms with Gasteiger partial charge in [-0.05, 0) is 19.1 Å². The first kappa shape index (κ1) is 12.0. The van der Waals surface area contributed by atoms with Gasteiger partial charge in [-0.2, -0.15) is 0 Å². The van der Waals surface area contributed by atoms with E-state index in [1.165, 1.54) is 13.1 Å². The van der Waals surface area contributed by atoms with Crippen LogP contribution in [0, 0.1) is 0 Å². The lowest BCUT2D eigenvalue weighted by Gasteiger charge is -2.13. The summed E-state index contributed by atoms with van der Waals surface area (Å²) in [4.78, 5) is 25.4. The minimum absolute atomic E-state index is 0.417. The number of hydrogen-bond donors (Lipinski definition) is 2. The molecule has 0 spiro atoms. The highest BCUT2D eigenvalue weighted by Crippen LogP contribution is 2.08. The van der Waals surface area contributed by atoms with Crippen molar-refractivity contribution in [2.75, 3.05) is 6.54 Å². The van der Waals surface area contributed by atoms with Crippen LogP contribution >= 0.6 is 0 Å². The predicted molar refractivity (Wildman–Crippen MR) is 55.0 cm³/mol. The van der Waals surface area contributed by atoms with Gasteiger partial charge in [0, 0.05) is 6.20 Å². The summed E-state index contributed by atoms with van der Waals surface area (Å²) >= 11 is 0. The second-order valence-electron chi connectivity index (χ2n) is 3.06. The van der Waals surface area contributed by atoms with E-state index < -0.39 is 24.5 Å². The van der Waals surface area contributed by atoms with Crippen molar-refractivity contribution < 1.29 is 19.4 Å². The third-order valence-corrected chi connectivity index (χ3v) is 1.73. The van der Waals surface area contributed by atoms with Crippen LogP contribution in [-0.4, -0.2) is 34.6 Å². The molecule has 1 aromatic rings. The van der Waals surface area contributed by atoms with Crippen LogP contribution in [0.1, 0.15) is 6.92 Å². The quantitative estimate of drug-likeness (QED) is 0.737. The molecule has 0 fully saturated rings. The number of aliphatic carboxylic acids is 1. The third-order valence-electron chi connectivity index (χ3n) is 1.73. The molecule has 0 bridgehead atoms. The summed E-state index contributed by atoms with van der Waals surface area (Å²) in [6, 6.07) is 3.34. The van der Waals surface area contributed by atoms with Crippen LogP contribution in [0.4, 0.5) is 0 Å². The fraction of sp³-hybridized carbons (Fsp3) is 0.300. The number of pyridine rings is 1. The Bertz CT molecular complexity index is 366. The highest BCUT2D eigenvalue weighted by molar-refractivity contribution is 5.84. The minimum atomic E-state index is -1.10. The van der Waals surface area contributed by atoms with Crippen molar-refractivity contribution in [1.82, 2.24) is 10.3 Å². The molecule has 1 unspecified atom stereocenters. The molecule has 0 aliphatic heterocycles. The van der Waals surface area contributed by atoms with Gasteiger partial charge in [0.15, 0.2) is 6.10 Å². The molecule has 86 valence electrons. The topological polar surface area (TPSA) is 88.5 Å². The zero-order chi connectivity index (χ0) is 12.0. The Morgan fingerprint density at radius 2 is 2.38 bits per heavy atom. The molecule has 2 N–H and O–H groups in total. The van der Waals surface area contributed by atoms with Crippen LogP contribution in [0.5, 0.6) is 5.75 Å². The molecule has 0 aliphatic rings. The zero-order valence-corrected chi connectivity index (χ0v) is 8.71. The van der Waals surface area contributed by atoms with Gasteiger partial charge >= 0.3 is 5.97 Å². The van der Waals surface area contributed by atoms with E-state index in [0.717, 1.165) is 0 Å². The number of nitrogens with one attached hydrogen (secondary N) is 1. The van der Waals surface area contributed by atoms with Gasteiger partial charge in [0.05, 0.1) is 6.20 Å². The molecule has 0 saturated heterocycles. The molecule has 6 nitrogen and oxygen atoms in total. The van der Waals surface area contributed by atoms with Crippen LogP contribution in [0.3, 0.4) is 0 Å². The Morgan fingerprint density at radius 3 is 2.94 bits per heavy atom. The fourth-order valence-corrected chi connectivity index (χ4v) is 0.981. The zero-order valence-electron chi connectivity index (χ0n) is 8.71. The summed E-state index contributed by atoms with van der Waals surface area (Å²) < 4.78 is 5.24. The summed E-state index contributed by atoms with van der Waals surface area (Å²) in [5.74, 6) is -1.12. The number of carboxylic acid groups (broad SMARTS) is 1. The van der Waals surface area contributed by atoms with E-state index in [-0.39, 0.29) is 0 Å². The molecule has 1 rings (SSSR count). The van der Waals surface area contributed by atoms with Gasteiger partial charge in [-0.1, -0.05) is 0 Å². The molecule has 1 atom stereocenters. The monoisotopic (exact) mass is 224 g/mol. The maximum Gasteiger partial charge on any atom is 0.322 e. The van der Waals surface area contributed by atoms with E-state index in [2.05, 4.69) is 10.3 Å². The molecule has 16 heavy (non-hydrogen) atoms. The van der Waals surface area contributed by atoms with Crippen LogP contribution < -0.4 is 10.1 Å². The second-order valence-corrected chi connectivity index (χ2v) is 3.06. The van der Waals surface area contributed by atoms with Crippen molar-refractivity contribution in [3.63, 3.8) is 0 Å². The number of carboxylic acids is 1. The average Bonchev–Trinajstić information content (AvgIpc) is 2.27. The normalized spacial score (nSPS) is 11.6. The number of carbonyl (C=O) groups is 2. The molecule has 1 aromatic heterocycles. The van der Waals surface area contributed by atoms with Crippen molar-refractivity contribution in [2.45, 2.75) is 13.0 Å². The van der Waals surface area contributed by atoms with Crippen molar-refractivity contribution >= 4 is 11.9 Å². The van der Waals surface area contributed by atoms with Crippen molar-refractivity contribution in [3.05, 3.63) is 24.5 Å². The van der Waals surface area contributed by atoms with E-state index in [1.807, 2.05) is 0 Å². The first-order chi connectivity index (χ1) is 7.59. The number of hydrogen-bond acceptors (Lipinski definition) is 4. The first-order valence-electron chi connectivity index (χ1n) is 4.66. The number of rotatable bonds is 5. The summed E-state index contributed by atoms with van der Waals surface area (Å²) in [5, 5.41) is 10.6. The Kier molecular flexibility index (Phi) is 4.26. The molecule has 0 saturated carbocycles. The van der Waals surface area contributed by atoms with Crippen LogP contribution in [0.15, 0.2) is 24.5 Å². The standard InChI is InChI=1S/C10H12N2O4/c1-7(10(15)12-6-9(13)14)16-8-3-2-4-11-5-8/h2-5,7H,6H2,1H3,(H,12,15)(H,13,14). The SMILES string of the molecule is CC(Oc1cccnc1)C(=O)NCC(=O)O. The Morgan fingerprint density at radius 1 is 1.62 bits per heavy atom. The van der Waals surface area contributed by atoms with Crippen LogP contribution in [-0.2, 0) is 9.59 Å². The van der Waals surface area contributed by atoms with Crippen molar-refractivity contribution in [3.8, 4) is 5.75 Å². The smallest absolute Gasteiger partial charge is 0.322 e. The molecule has 0 aliphatic carbocycles.